The molecule has 1 aliphatic rings. The molecule has 3 atom stereocenters. The molecule has 0 saturated carbocycles. The molecule has 116 valence electrons. The Morgan fingerprint density at radius 2 is 2.23 bits per heavy atom. The molecule has 1 fully saturated rings. The van der Waals surface area contributed by atoms with Crippen molar-refractivity contribution in [1.29, 1.82) is 0 Å². The third kappa shape index (κ3) is 2.86. The summed E-state index contributed by atoms with van der Waals surface area (Å²) in [6.45, 7) is 4.23. The molecule has 1 amide bonds. The Bertz CT molecular complexity index is 641. The van der Waals surface area contributed by atoms with Gasteiger partial charge in [-0.2, -0.15) is 5.10 Å². The number of hydrogen-bond donors (Lipinski definition) is 3. The largest absolute Gasteiger partial charge is 0.334 e. The van der Waals surface area contributed by atoms with Crippen molar-refractivity contribution < 1.29 is 4.79 Å². The van der Waals surface area contributed by atoms with Crippen LogP contribution in [0.25, 0.3) is 5.82 Å². The van der Waals surface area contributed by atoms with Crippen LogP contribution in [0, 0.1) is 5.92 Å². The molecule has 3 rings (SSSR count). The maximum Gasteiger partial charge on any atom is 0.271 e. The number of pyridine rings is 1. The minimum Gasteiger partial charge on any atom is -0.334 e. The van der Waals surface area contributed by atoms with Crippen LogP contribution in [-0.4, -0.2) is 32.9 Å². The van der Waals surface area contributed by atoms with Gasteiger partial charge < -0.3 is 5.32 Å². The van der Waals surface area contributed by atoms with Gasteiger partial charge in [-0.05, 0) is 24.6 Å². The van der Waals surface area contributed by atoms with Crippen molar-refractivity contribution in [2.24, 2.45) is 5.92 Å². The van der Waals surface area contributed by atoms with Crippen LogP contribution in [0.15, 0.2) is 36.7 Å². The van der Waals surface area contributed by atoms with Crippen molar-refractivity contribution in [3.05, 3.63) is 42.4 Å². The van der Waals surface area contributed by atoms with Gasteiger partial charge in [-0.15, -0.1) is 0 Å². The van der Waals surface area contributed by atoms with Crippen LogP contribution in [0.4, 0.5) is 0 Å². The van der Waals surface area contributed by atoms with E-state index >= 15 is 0 Å². The Balaban J connectivity index is 1.72. The maximum atomic E-state index is 12.4. The zero-order valence-electron chi connectivity index (χ0n) is 12.7. The summed E-state index contributed by atoms with van der Waals surface area (Å²) in [5.41, 5.74) is 6.70. The van der Waals surface area contributed by atoms with Crippen LogP contribution in [0.2, 0.25) is 0 Å². The first kappa shape index (κ1) is 14.7. The highest BCUT2D eigenvalue weighted by atomic mass is 16.2. The SMILES string of the molecule is CCC1NNC(NC(=O)c2cccc(-n3cccn3)n2)C1C. The standard InChI is InChI=1S/C15H20N6O/c1-3-11-10(2)14(20-19-11)18-15(22)12-6-4-7-13(17-12)21-9-5-8-16-21/h4-11,14,19-20H,3H2,1-2H3,(H,18,22). The summed E-state index contributed by atoms with van der Waals surface area (Å²) in [4.78, 5) is 16.8. The molecule has 2 aromatic rings. The van der Waals surface area contributed by atoms with E-state index in [4.69, 9.17) is 0 Å². The molecule has 1 aliphatic heterocycles. The summed E-state index contributed by atoms with van der Waals surface area (Å²) in [7, 11) is 0. The summed E-state index contributed by atoms with van der Waals surface area (Å²) < 4.78 is 1.63. The fourth-order valence-corrected chi connectivity index (χ4v) is 2.63. The molecule has 7 heteroatoms. The lowest BCUT2D eigenvalue weighted by molar-refractivity contribution is 0.0917. The fourth-order valence-electron chi connectivity index (χ4n) is 2.63. The van der Waals surface area contributed by atoms with E-state index in [0.29, 0.717) is 23.5 Å². The molecule has 3 heterocycles. The van der Waals surface area contributed by atoms with E-state index in [1.54, 1.807) is 29.2 Å². The summed E-state index contributed by atoms with van der Waals surface area (Å²) in [6.07, 6.45) is 4.37. The van der Waals surface area contributed by atoms with Crippen molar-refractivity contribution in [2.75, 3.05) is 0 Å². The summed E-state index contributed by atoms with van der Waals surface area (Å²) in [5, 5.41) is 7.10. The minimum absolute atomic E-state index is 0.104. The second kappa shape index (κ2) is 6.25. The molecular weight excluding hydrogens is 280 g/mol. The molecule has 3 unspecified atom stereocenters. The van der Waals surface area contributed by atoms with E-state index in [2.05, 4.69) is 40.1 Å². The van der Waals surface area contributed by atoms with Crippen molar-refractivity contribution in [3.63, 3.8) is 0 Å². The van der Waals surface area contributed by atoms with E-state index in [0.717, 1.165) is 6.42 Å². The number of carbonyl (C=O) groups excluding carboxylic acids is 1. The minimum atomic E-state index is -0.197. The molecule has 2 aromatic heterocycles. The van der Waals surface area contributed by atoms with Gasteiger partial charge in [0.15, 0.2) is 5.82 Å². The topological polar surface area (TPSA) is 83.9 Å². The number of amides is 1. The fraction of sp³-hybridized carbons (Fsp3) is 0.400. The smallest absolute Gasteiger partial charge is 0.271 e. The summed E-state index contributed by atoms with van der Waals surface area (Å²) in [5.74, 6) is 0.731. The first-order chi connectivity index (χ1) is 10.7. The zero-order chi connectivity index (χ0) is 15.5. The average molecular weight is 300 g/mol. The number of carbonyl (C=O) groups is 1. The van der Waals surface area contributed by atoms with Gasteiger partial charge >= 0.3 is 0 Å². The average Bonchev–Trinajstić information content (AvgIpc) is 3.18. The maximum absolute atomic E-state index is 12.4. The number of hydrogen-bond acceptors (Lipinski definition) is 5. The molecule has 0 aromatic carbocycles. The van der Waals surface area contributed by atoms with Gasteiger partial charge in [0.1, 0.15) is 5.69 Å². The zero-order valence-corrected chi connectivity index (χ0v) is 12.7. The molecule has 1 saturated heterocycles. The van der Waals surface area contributed by atoms with Crippen molar-refractivity contribution in [1.82, 2.24) is 30.9 Å². The number of aromatic nitrogens is 3. The highest BCUT2D eigenvalue weighted by Gasteiger charge is 2.32. The van der Waals surface area contributed by atoms with Crippen LogP contribution in [0.1, 0.15) is 30.8 Å². The predicted octanol–water partition coefficient (Wildman–Crippen LogP) is 0.846. The van der Waals surface area contributed by atoms with Crippen LogP contribution in [0.5, 0.6) is 0 Å². The van der Waals surface area contributed by atoms with Crippen LogP contribution in [0.3, 0.4) is 0 Å². The Labute approximate surface area is 129 Å². The van der Waals surface area contributed by atoms with Crippen LogP contribution < -0.4 is 16.2 Å². The van der Waals surface area contributed by atoms with E-state index < -0.39 is 0 Å². The van der Waals surface area contributed by atoms with Gasteiger partial charge in [0, 0.05) is 24.4 Å². The highest BCUT2D eigenvalue weighted by molar-refractivity contribution is 5.92. The third-order valence-corrected chi connectivity index (χ3v) is 4.02. The number of hydrazine groups is 1. The van der Waals surface area contributed by atoms with E-state index in [9.17, 15) is 4.79 Å². The van der Waals surface area contributed by atoms with Crippen molar-refractivity contribution in [3.8, 4) is 5.82 Å². The van der Waals surface area contributed by atoms with Gasteiger partial charge in [0.2, 0.25) is 0 Å². The molecule has 0 radical (unpaired) electrons. The Morgan fingerprint density at radius 3 is 2.91 bits per heavy atom. The molecule has 22 heavy (non-hydrogen) atoms. The second-order valence-electron chi connectivity index (χ2n) is 5.45. The second-order valence-corrected chi connectivity index (χ2v) is 5.45. The monoisotopic (exact) mass is 300 g/mol. The number of nitrogens with one attached hydrogen (secondary N) is 3. The van der Waals surface area contributed by atoms with Gasteiger partial charge in [0.05, 0.1) is 6.17 Å². The third-order valence-electron chi connectivity index (χ3n) is 4.02. The highest BCUT2D eigenvalue weighted by Crippen LogP contribution is 2.15. The van der Waals surface area contributed by atoms with E-state index in [-0.39, 0.29) is 12.1 Å². The van der Waals surface area contributed by atoms with Gasteiger partial charge in [0.25, 0.3) is 5.91 Å². The lowest BCUT2D eigenvalue weighted by Gasteiger charge is -2.18. The summed E-state index contributed by atoms with van der Waals surface area (Å²) >= 11 is 0. The van der Waals surface area contributed by atoms with E-state index in [1.165, 1.54) is 0 Å². The van der Waals surface area contributed by atoms with Crippen LogP contribution >= 0.6 is 0 Å². The Kier molecular flexibility index (Phi) is 4.17. The molecule has 0 aliphatic carbocycles. The predicted molar refractivity (Wildman–Crippen MR) is 82.1 cm³/mol. The molecule has 0 spiro atoms. The molecule has 3 N–H and O–H groups in total. The lowest BCUT2D eigenvalue weighted by Crippen LogP contribution is -2.46. The van der Waals surface area contributed by atoms with Gasteiger partial charge in [-0.3, -0.25) is 10.2 Å². The first-order valence-corrected chi connectivity index (χ1v) is 7.48. The normalized spacial score (nSPS) is 24.4. The number of rotatable bonds is 4. The number of nitrogens with zero attached hydrogens (tertiary/aromatic N) is 3. The quantitative estimate of drug-likeness (QED) is 0.779. The van der Waals surface area contributed by atoms with Crippen molar-refractivity contribution >= 4 is 5.91 Å². The Morgan fingerprint density at radius 1 is 1.36 bits per heavy atom. The van der Waals surface area contributed by atoms with E-state index in [1.807, 2.05) is 12.1 Å². The van der Waals surface area contributed by atoms with Crippen LogP contribution in [-0.2, 0) is 0 Å². The van der Waals surface area contributed by atoms with Gasteiger partial charge in [-0.25, -0.2) is 15.1 Å². The first-order valence-electron chi connectivity index (χ1n) is 7.48. The summed E-state index contributed by atoms with van der Waals surface area (Å²) in [6, 6.07) is 7.49. The molecular formula is C15H20N6O. The van der Waals surface area contributed by atoms with Gasteiger partial charge in [-0.1, -0.05) is 19.9 Å². The van der Waals surface area contributed by atoms with Crippen molar-refractivity contribution in [2.45, 2.75) is 32.5 Å². The molecule has 7 nitrogen and oxygen atoms in total. The molecule has 0 bridgehead atoms. The lowest BCUT2D eigenvalue weighted by atomic mass is 9.99. The Hall–Kier alpha value is -2.25.